The lowest BCUT2D eigenvalue weighted by molar-refractivity contribution is -0.126. The van der Waals surface area contributed by atoms with Crippen molar-refractivity contribution in [3.05, 3.63) is 35.9 Å². The monoisotopic (exact) mass is 324 g/mol. The zero-order valence-electron chi connectivity index (χ0n) is 13.6. The summed E-state index contributed by atoms with van der Waals surface area (Å²) in [5.74, 6) is 0.532. The lowest BCUT2D eigenvalue weighted by Crippen LogP contribution is -2.47. The van der Waals surface area contributed by atoms with Crippen LogP contribution in [-0.2, 0) is 11.2 Å². The van der Waals surface area contributed by atoms with Gasteiger partial charge in [0.2, 0.25) is 5.91 Å². The Morgan fingerprint density at radius 1 is 1.23 bits per heavy atom. The Hall–Kier alpha value is -1.06. The summed E-state index contributed by atoms with van der Waals surface area (Å²) in [5, 5.41) is 3.25. The molecule has 0 aromatic heterocycles. The van der Waals surface area contributed by atoms with Crippen LogP contribution in [0.4, 0.5) is 0 Å². The van der Waals surface area contributed by atoms with E-state index in [4.69, 9.17) is 5.73 Å². The Morgan fingerprint density at radius 3 is 2.50 bits per heavy atom. The van der Waals surface area contributed by atoms with E-state index in [1.807, 2.05) is 19.9 Å². The topological polar surface area (TPSA) is 55.1 Å². The summed E-state index contributed by atoms with van der Waals surface area (Å²) >= 11 is 0. The molecule has 0 saturated heterocycles. The Bertz CT molecular complexity index is 450. The molecule has 0 bridgehead atoms. The highest BCUT2D eigenvalue weighted by Gasteiger charge is 2.28. The summed E-state index contributed by atoms with van der Waals surface area (Å²) in [6, 6.07) is 10.8. The van der Waals surface area contributed by atoms with Gasteiger partial charge in [0, 0.05) is 18.0 Å². The van der Waals surface area contributed by atoms with Crippen LogP contribution in [0.5, 0.6) is 0 Å². The molecule has 0 radical (unpaired) electrons. The molecule has 1 aliphatic carbocycles. The number of benzene rings is 1. The van der Waals surface area contributed by atoms with Crippen LogP contribution in [0.1, 0.15) is 45.1 Å². The Labute approximate surface area is 140 Å². The second-order valence-corrected chi connectivity index (χ2v) is 6.50. The Morgan fingerprint density at radius 2 is 1.86 bits per heavy atom. The second kappa shape index (κ2) is 9.16. The van der Waals surface area contributed by atoms with E-state index in [1.165, 1.54) is 24.8 Å². The maximum atomic E-state index is 12.3. The van der Waals surface area contributed by atoms with Gasteiger partial charge in [-0.1, -0.05) is 50.1 Å². The van der Waals surface area contributed by atoms with E-state index < -0.39 is 0 Å². The van der Waals surface area contributed by atoms with Crippen molar-refractivity contribution in [2.75, 3.05) is 0 Å². The first-order valence-corrected chi connectivity index (χ1v) is 8.18. The predicted molar refractivity (Wildman–Crippen MR) is 94.1 cm³/mol. The maximum Gasteiger partial charge on any atom is 0.224 e. The van der Waals surface area contributed by atoms with E-state index in [9.17, 15) is 4.79 Å². The van der Waals surface area contributed by atoms with Crippen LogP contribution in [0, 0.1) is 11.8 Å². The molecule has 1 aromatic rings. The molecule has 4 heteroatoms. The molecule has 0 spiro atoms. The van der Waals surface area contributed by atoms with Crippen LogP contribution in [-0.4, -0.2) is 18.0 Å². The van der Waals surface area contributed by atoms with Crippen LogP contribution in [0.15, 0.2) is 30.3 Å². The fourth-order valence-electron chi connectivity index (χ4n) is 3.11. The van der Waals surface area contributed by atoms with Gasteiger partial charge < -0.3 is 11.1 Å². The molecule has 0 aliphatic heterocycles. The molecule has 1 fully saturated rings. The van der Waals surface area contributed by atoms with Crippen LogP contribution >= 0.6 is 12.4 Å². The number of hydrogen-bond donors (Lipinski definition) is 2. The number of hydrogen-bond acceptors (Lipinski definition) is 2. The molecule has 4 unspecified atom stereocenters. The molecule has 1 saturated carbocycles. The number of carbonyl (C=O) groups excluding carboxylic acids is 1. The Balaban J connectivity index is 0.00000242. The number of nitrogens with one attached hydrogen (secondary N) is 1. The number of amides is 1. The molecule has 1 amide bonds. The number of carbonyl (C=O) groups is 1. The third kappa shape index (κ3) is 5.29. The molecule has 124 valence electrons. The van der Waals surface area contributed by atoms with Gasteiger partial charge in [-0.2, -0.15) is 0 Å². The molecule has 3 nitrogen and oxygen atoms in total. The SMILES string of the molecule is CC(N)C(C)C(=O)NC1CCCCC1Cc1ccccc1.Cl. The number of nitrogens with two attached hydrogens (primary N) is 1. The number of rotatable bonds is 5. The van der Waals surface area contributed by atoms with E-state index >= 15 is 0 Å². The van der Waals surface area contributed by atoms with Gasteiger partial charge in [-0.3, -0.25) is 4.79 Å². The fraction of sp³-hybridized carbons (Fsp3) is 0.611. The zero-order valence-corrected chi connectivity index (χ0v) is 14.4. The van der Waals surface area contributed by atoms with E-state index in [1.54, 1.807) is 0 Å². The zero-order chi connectivity index (χ0) is 15.2. The van der Waals surface area contributed by atoms with Crippen molar-refractivity contribution in [2.24, 2.45) is 17.6 Å². The molecule has 0 heterocycles. The minimum atomic E-state index is -0.121. The van der Waals surface area contributed by atoms with E-state index in [0.29, 0.717) is 12.0 Å². The molecule has 1 aliphatic rings. The average Bonchev–Trinajstić information content (AvgIpc) is 2.49. The van der Waals surface area contributed by atoms with Crippen molar-refractivity contribution in [3.63, 3.8) is 0 Å². The summed E-state index contributed by atoms with van der Waals surface area (Å²) in [6.45, 7) is 3.81. The maximum absolute atomic E-state index is 12.3. The first kappa shape index (κ1) is 19.0. The quantitative estimate of drug-likeness (QED) is 0.873. The third-order valence-electron chi connectivity index (χ3n) is 4.78. The summed E-state index contributed by atoms with van der Waals surface area (Å²) in [7, 11) is 0. The van der Waals surface area contributed by atoms with Crippen molar-refractivity contribution < 1.29 is 4.79 Å². The molecule has 22 heavy (non-hydrogen) atoms. The normalized spacial score (nSPS) is 24.0. The highest BCUT2D eigenvalue weighted by atomic mass is 35.5. The summed E-state index contributed by atoms with van der Waals surface area (Å²) in [5.41, 5.74) is 7.20. The van der Waals surface area contributed by atoms with Gasteiger partial charge in [0.15, 0.2) is 0 Å². The van der Waals surface area contributed by atoms with Crippen molar-refractivity contribution in [1.82, 2.24) is 5.32 Å². The van der Waals surface area contributed by atoms with Crippen molar-refractivity contribution in [3.8, 4) is 0 Å². The molecular formula is C18H29ClN2O. The summed E-state index contributed by atoms with van der Waals surface area (Å²) in [4.78, 5) is 12.3. The van der Waals surface area contributed by atoms with Gasteiger partial charge in [0.1, 0.15) is 0 Å². The van der Waals surface area contributed by atoms with Gasteiger partial charge in [-0.05, 0) is 37.7 Å². The van der Waals surface area contributed by atoms with Gasteiger partial charge in [0.05, 0.1) is 0 Å². The van der Waals surface area contributed by atoms with Crippen molar-refractivity contribution in [2.45, 2.75) is 58.0 Å². The Kier molecular flexibility index (Phi) is 7.91. The lowest BCUT2D eigenvalue weighted by Gasteiger charge is -2.33. The third-order valence-corrected chi connectivity index (χ3v) is 4.78. The van der Waals surface area contributed by atoms with Gasteiger partial charge >= 0.3 is 0 Å². The molecule has 4 atom stereocenters. The van der Waals surface area contributed by atoms with E-state index in [0.717, 1.165) is 12.8 Å². The highest BCUT2D eigenvalue weighted by molar-refractivity contribution is 5.85. The van der Waals surface area contributed by atoms with Crippen LogP contribution in [0.25, 0.3) is 0 Å². The van der Waals surface area contributed by atoms with Gasteiger partial charge in [-0.15, -0.1) is 12.4 Å². The molecular weight excluding hydrogens is 296 g/mol. The van der Waals surface area contributed by atoms with Gasteiger partial charge in [0.25, 0.3) is 0 Å². The highest BCUT2D eigenvalue weighted by Crippen LogP contribution is 2.28. The summed E-state index contributed by atoms with van der Waals surface area (Å²) < 4.78 is 0. The van der Waals surface area contributed by atoms with Crippen molar-refractivity contribution >= 4 is 18.3 Å². The smallest absolute Gasteiger partial charge is 0.224 e. The largest absolute Gasteiger partial charge is 0.353 e. The minimum absolute atomic E-state index is 0. The van der Waals surface area contributed by atoms with Crippen LogP contribution in [0.3, 0.4) is 0 Å². The van der Waals surface area contributed by atoms with Crippen molar-refractivity contribution in [1.29, 1.82) is 0 Å². The molecule has 3 N–H and O–H groups in total. The minimum Gasteiger partial charge on any atom is -0.353 e. The first-order valence-electron chi connectivity index (χ1n) is 8.18. The average molecular weight is 325 g/mol. The first-order chi connectivity index (χ1) is 10.1. The molecule has 1 aromatic carbocycles. The summed E-state index contributed by atoms with van der Waals surface area (Å²) in [6.07, 6.45) is 5.83. The number of halogens is 1. The molecule has 2 rings (SSSR count). The second-order valence-electron chi connectivity index (χ2n) is 6.50. The standard InChI is InChI=1S/C18H28N2O.ClH/c1-13(14(2)19)18(21)20-17-11-7-6-10-16(17)12-15-8-4-3-5-9-15;/h3-5,8-9,13-14,16-17H,6-7,10-12,19H2,1-2H3,(H,20,21);1H. The van der Waals surface area contributed by atoms with Crippen LogP contribution < -0.4 is 11.1 Å². The fourth-order valence-corrected chi connectivity index (χ4v) is 3.11. The van der Waals surface area contributed by atoms with Gasteiger partial charge in [-0.25, -0.2) is 0 Å². The lowest BCUT2D eigenvalue weighted by atomic mass is 9.80. The van der Waals surface area contributed by atoms with E-state index in [2.05, 4.69) is 29.6 Å². The van der Waals surface area contributed by atoms with Crippen LogP contribution in [0.2, 0.25) is 0 Å². The predicted octanol–water partition coefficient (Wildman–Crippen LogP) is 3.31. The van der Waals surface area contributed by atoms with E-state index in [-0.39, 0.29) is 30.3 Å².